The van der Waals surface area contributed by atoms with Crippen LogP contribution in [0.3, 0.4) is 0 Å². The Balaban J connectivity index is 1.02. The maximum Gasteiger partial charge on any atom is 0.118 e. The molecule has 0 aliphatic heterocycles. The fraction of sp³-hybridized carbons (Fsp3) is 0.0154. The summed E-state index contributed by atoms with van der Waals surface area (Å²) >= 11 is 3.74. The molecule has 0 aliphatic carbocycles. The monoisotopic (exact) mass is 906 g/mol. The molecule has 11 aromatic rings. The van der Waals surface area contributed by atoms with Crippen LogP contribution in [0.15, 0.2) is 261 Å². The first kappa shape index (κ1) is 42.5. The summed E-state index contributed by atoms with van der Waals surface area (Å²) in [6, 6.07) is 94.0. The van der Waals surface area contributed by atoms with Crippen LogP contribution in [0.2, 0.25) is 0 Å². The topological polar surface area (TPSA) is 9.23 Å². The number of rotatable bonds is 12. The minimum atomic E-state index is 0.845. The first-order valence-electron chi connectivity index (χ1n) is 22.9. The molecule has 0 saturated carbocycles. The van der Waals surface area contributed by atoms with Gasteiger partial charge in [0.05, 0.1) is 11.8 Å². The number of methoxy groups -OCH3 is 1. The average molecular weight is 907 g/mol. The SMILES string of the molecule is COc1ccc(-c2c(-c3ccc(C(=C(c4ccccc4)c4ccccc4)c4ccccc4)cc3)sc3cc(-c4ccc(C(=C(c5ccccc5)c5ccccc5)c5ccccc5)cc4)sc23)cc1. The van der Waals surface area contributed by atoms with Gasteiger partial charge in [0, 0.05) is 20.0 Å². The van der Waals surface area contributed by atoms with E-state index in [9.17, 15) is 0 Å². The third-order valence-electron chi connectivity index (χ3n) is 12.5. The van der Waals surface area contributed by atoms with E-state index in [0.717, 1.165) is 5.75 Å². The predicted octanol–water partition coefficient (Wildman–Crippen LogP) is 18.0. The summed E-state index contributed by atoms with van der Waals surface area (Å²) in [4.78, 5) is 2.51. The lowest BCUT2D eigenvalue weighted by Gasteiger charge is -2.18. The highest BCUT2D eigenvalue weighted by molar-refractivity contribution is 7.32. The molecule has 324 valence electrons. The van der Waals surface area contributed by atoms with E-state index in [1.165, 1.54) is 108 Å². The van der Waals surface area contributed by atoms with Crippen molar-refractivity contribution in [3.05, 3.63) is 305 Å². The number of fused-ring (bicyclic) bond motifs is 1. The zero-order valence-electron chi connectivity index (χ0n) is 37.6. The Morgan fingerprint density at radius 2 is 0.618 bits per heavy atom. The first-order valence-corrected chi connectivity index (χ1v) is 24.6. The molecule has 11 rings (SSSR count). The maximum absolute atomic E-state index is 5.62. The van der Waals surface area contributed by atoms with E-state index < -0.39 is 0 Å². The Kier molecular flexibility index (Phi) is 12.1. The van der Waals surface area contributed by atoms with Gasteiger partial charge in [0.25, 0.3) is 0 Å². The second-order valence-corrected chi connectivity index (χ2v) is 18.8. The van der Waals surface area contributed by atoms with Crippen LogP contribution >= 0.6 is 22.7 Å². The lowest BCUT2D eigenvalue weighted by atomic mass is 9.85. The highest BCUT2D eigenvalue weighted by atomic mass is 32.1. The predicted molar refractivity (Wildman–Crippen MR) is 291 cm³/mol. The standard InChI is InChI=1S/C65H46OS2/c1-66-56-42-40-54(41-43-56)63-64(55-38-36-53(37-39-55)62(51-30-18-7-19-31-51)60(48-24-12-4-13-25-48)49-26-14-5-15-27-49)68-58-44-57(67-65(58)63)45-32-34-52(35-33-45)61(50-28-16-6-17-29-50)59(46-20-8-2-9-21-46)47-22-10-3-11-23-47/h2-44H,1H3. The molecule has 3 heteroatoms. The first-order chi connectivity index (χ1) is 33.7. The fourth-order valence-corrected chi connectivity index (χ4v) is 12.0. The summed E-state index contributed by atoms with van der Waals surface area (Å²) < 4.78 is 8.19. The van der Waals surface area contributed by atoms with Crippen molar-refractivity contribution in [1.82, 2.24) is 0 Å². The van der Waals surface area contributed by atoms with Gasteiger partial charge in [0.1, 0.15) is 5.75 Å². The molecule has 0 spiro atoms. The number of benzene rings is 9. The molecule has 0 unspecified atom stereocenters. The zero-order valence-corrected chi connectivity index (χ0v) is 39.2. The van der Waals surface area contributed by atoms with Crippen LogP contribution in [0.4, 0.5) is 0 Å². The van der Waals surface area contributed by atoms with Crippen molar-refractivity contribution in [3.8, 4) is 37.8 Å². The highest BCUT2D eigenvalue weighted by Gasteiger charge is 2.22. The average Bonchev–Trinajstić information content (AvgIpc) is 4.00. The third-order valence-corrected chi connectivity index (χ3v) is 15.0. The van der Waals surface area contributed by atoms with Gasteiger partial charge in [-0.3, -0.25) is 0 Å². The van der Waals surface area contributed by atoms with Crippen molar-refractivity contribution in [2.75, 3.05) is 7.11 Å². The van der Waals surface area contributed by atoms with Crippen molar-refractivity contribution in [1.29, 1.82) is 0 Å². The molecule has 2 aromatic heterocycles. The van der Waals surface area contributed by atoms with Gasteiger partial charge in [0.2, 0.25) is 0 Å². The second-order valence-electron chi connectivity index (χ2n) is 16.7. The van der Waals surface area contributed by atoms with E-state index in [2.05, 4.69) is 261 Å². The summed E-state index contributed by atoms with van der Waals surface area (Å²) in [5, 5.41) is 0. The lowest BCUT2D eigenvalue weighted by molar-refractivity contribution is 0.415. The van der Waals surface area contributed by atoms with Crippen molar-refractivity contribution >= 4 is 54.4 Å². The lowest BCUT2D eigenvalue weighted by Crippen LogP contribution is -1.97. The molecule has 2 heterocycles. The molecular weight excluding hydrogens is 861 g/mol. The number of ether oxygens (including phenoxy) is 1. The van der Waals surface area contributed by atoms with Crippen LogP contribution in [0.25, 0.3) is 63.7 Å². The third kappa shape index (κ3) is 8.58. The Labute approximate surface area is 406 Å². The van der Waals surface area contributed by atoms with Crippen LogP contribution in [0.5, 0.6) is 5.75 Å². The van der Waals surface area contributed by atoms with E-state index in [1.807, 2.05) is 22.7 Å². The fourth-order valence-electron chi connectivity index (χ4n) is 9.29. The Hall–Kier alpha value is -8.08. The van der Waals surface area contributed by atoms with Crippen molar-refractivity contribution in [2.45, 2.75) is 0 Å². The molecule has 68 heavy (non-hydrogen) atoms. The summed E-state index contributed by atoms with van der Waals surface area (Å²) in [6.07, 6.45) is 0. The van der Waals surface area contributed by atoms with Gasteiger partial charge in [0.15, 0.2) is 0 Å². The van der Waals surface area contributed by atoms with E-state index in [1.54, 1.807) is 7.11 Å². The van der Waals surface area contributed by atoms with Gasteiger partial charge < -0.3 is 4.74 Å². The Morgan fingerprint density at radius 1 is 0.309 bits per heavy atom. The van der Waals surface area contributed by atoms with E-state index in [-0.39, 0.29) is 0 Å². The minimum absolute atomic E-state index is 0.845. The van der Waals surface area contributed by atoms with Crippen LogP contribution in [-0.4, -0.2) is 7.11 Å². The largest absolute Gasteiger partial charge is 0.497 e. The van der Waals surface area contributed by atoms with E-state index >= 15 is 0 Å². The summed E-state index contributed by atoms with van der Waals surface area (Å²) in [5.74, 6) is 0.845. The zero-order chi connectivity index (χ0) is 45.7. The van der Waals surface area contributed by atoms with Crippen LogP contribution in [0, 0.1) is 0 Å². The van der Waals surface area contributed by atoms with Crippen LogP contribution < -0.4 is 4.74 Å². The Bertz CT molecular complexity index is 3420. The van der Waals surface area contributed by atoms with E-state index in [0.29, 0.717) is 0 Å². The quantitative estimate of drug-likeness (QED) is 0.111. The van der Waals surface area contributed by atoms with Gasteiger partial charge in [-0.15, -0.1) is 22.7 Å². The van der Waals surface area contributed by atoms with Crippen LogP contribution in [-0.2, 0) is 0 Å². The number of hydrogen-bond donors (Lipinski definition) is 0. The molecule has 0 bridgehead atoms. The number of thiophene rings is 2. The smallest absolute Gasteiger partial charge is 0.118 e. The minimum Gasteiger partial charge on any atom is -0.497 e. The molecule has 0 radical (unpaired) electrons. The summed E-state index contributed by atoms with van der Waals surface area (Å²) in [7, 11) is 1.73. The van der Waals surface area contributed by atoms with Crippen molar-refractivity contribution in [3.63, 3.8) is 0 Å². The molecule has 1 nitrogen and oxygen atoms in total. The summed E-state index contributed by atoms with van der Waals surface area (Å²) in [6.45, 7) is 0. The highest BCUT2D eigenvalue weighted by Crippen LogP contribution is 2.51. The second kappa shape index (κ2) is 19.4. The molecule has 0 fully saturated rings. The summed E-state index contributed by atoms with van der Waals surface area (Å²) in [5.41, 5.74) is 19.1. The Morgan fingerprint density at radius 3 is 0.956 bits per heavy atom. The van der Waals surface area contributed by atoms with Crippen LogP contribution in [0.1, 0.15) is 44.5 Å². The molecule has 0 atom stereocenters. The maximum atomic E-state index is 5.62. The molecule has 0 amide bonds. The van der Waals surface area contributed by atoms with E-state index in [4.69, 9.17) is 4.74 Å². The molecule has 0 N–H and O–H groups in total. The van der Waals surface area contributed by atoms with Crippen molar-refractivity contribution in [2.24, 2.45) is 0 Å². The van der Waals surface area contributed by atoms with Gasteiger partial charge in [-0.2, -0.15) is 0 Å². The molecule has 0 aliphatic rings. The normalized spacial score (nSPS) is 11.0. The van der Waals surface area contributed by atoms with Gasteiger partial charge in [-0.05, 0) is 102 Å². The van der Waals surface area contributed by atoms with Gasteiger partial charge >= 0.3 is 0 Å². The molecular formula is C65H46OS2. The number of hydrogen-bond acceptors (Lipinski definition) is 3. The molecule has 9 aromatic carbocycles. The van der Waals surface area contributed by atoms with Gasteiger partial charge in [-0.25, -0.2) is 0 Å². The molecule has 0 saturated heterocycles. The van der Waals surface area contributed by atoms with Crippen molar-refractivity contribution < 1.29 is 4.74 Å². The van der Waals surface area contributed by atoms with Gasteiger partial charge in [-0.1, -0.05) is 243 Å².